The molecule has 0 fully saturated rings. The largest absolute Gasteiger partial charge is 0.368 e. The fraction of sp³-hybridized carbons (Fsp3) is 0.160. The molecular formula is C25H23N3O2. The second-order valence-corrected chi connectivity index (χ2v) is 7.30. The Morgan fingerprint density at radius 1 is 0.967 bits per heavy atom. The maximum atomic E-state index is 13.5. The van der Waals surface area contributed by atoms with Crippen LogP contribution < -0.4 is 11.1 Å². The number of primary amides is 1. The summed E-state index contributed by atoms with van der Waals surface area (Å²) in [5.41, 5.74) is 7.45. The number of hydrogen-bond donors (Lipinski definition) is 2. The standard InChI is InChI=1S/C25H23N3O2/c1-25(20-11-4-2-5-12-20,21-13-6-3-7-14-21)24(30)28-22(23(27)29)16-18-9-8-10-19(15-18)17-26/h2-15,22H,16H2,1H3,(H2,27,29)(H,28,30)/t22-/m1/s1. The molecule has 150 valence electrons. The molecule has 0 spiro atoms. The Labute approximate surface area is 176 Å². The Balaban J connectivity index is 1.93. The molecule has 0 saturated heterocycles. The molecule has 0 radical (unpaired) electrons. The van der Waals surface area contributed by atoms with Gasteiger partial charge in [-0.2, -0.15) is 5.26 Å². The van der Waals surface area contributed by atoms with E-state index in [4.69, 9.17) is 11.0 Å². The Morgan fingerprint density at radius 3 is 2.03 bits per heavy atom. The molecule has 0 unspecified atom stereocenters. The zero-order valence-electron chi connectivity index (χ0n) is 16.7. The van der Waals surface area contributed by atoms with Crippen LogP contribution in [0.3, 0.4) is 0 Å². The lowest BCUT2D eigenvalue weighted by molar-refractivity contribution is -0.129. The van der Waals surface area contributed by atoms with E-state index in [1.54, 1.807) is 24.3 Å². The first-order valence-corrected chi connectivity index (χ1v) is 9.65. The Kier molecular flexibility index (Phi) is 6.29. The lowest BCUT2D eigenvalue weighted by Crippen LogP contribution is -2.52. The third-order valence-electron chi connectivity index (χ3n) is 5.30. The summed E-state index contributed by atoms with van der Waals surface area (Å²) in [4.78, 5) is 25.7. The SMILES string of the molecule is CC(C(=O)N[C@H](Cc1cccc(C#N)c1)C(N)=O)(c1ccccc1)c1ccccc1. The minimum atomic E-state index is -1.01. The summed E-state index contributed by atoms with van der Waals surface area (Å²) in [6.07, 6.45) is 0.205. The van der Waals surface area contributed by atoms with Gasteiger partial charge in [0.05, 0.1) is 17.0 Å². The zero-order valence-corrected chi connectivity index (χ0v) is 16.7. The Bertz CT molecular complexity index is 1030. The van der Waals surface area contributed by atoms with E-state index >= 15 is 0 Å². The van der Waals surface area contributed by atoms with Crippen LogP contribution in [0.2, 0.25) is 0 Å². The molecule has 30 heavy (non-hydrogen) atoms. The number of amides is 2. The van der Waals surface area contributed by atoms with Gasteiger partial charge in [0.25, 0.3) is 0 Å². The molecule has 0 bridgehead atoms. The van der Waals surface area contributed by atoms with Gasteiger partial charge in [0, 0.05) is 6.42 Å². The van der Waals surface area contributed by atoms with Crippen LogP contribution in [0.1, 0.15) is 29.2 Å². The van der Waals surface area contributed by atoms with E-state index < -0.39 is 17.4 Å². The van der Waals surface area contributed by atoms with Gasteiger partial charge in [0.2, 0.25) is 11.8 Å². The second-order valence-electron chi connectivity index (χ2n) is 7.30. The summed E-state index contributed by atoms with van der Waals surface area (Å²) < 4.78 is 0. The van der Waals surface area contributed by atoms with Crippen molar-refractivity contribution >= 4 is 11.8 Å². The van der Waals surface area contributed by atoms with Gasteiger partial charge in [0.15, 0.2) is 0 Å². The molecule has 0 saturated carbocycles. The van der Waals surface area contributed by atoms with Crippen molar-refractivity contribution in [3.63, 3.8) is 0 Å². The molecular weight excluding hydrogens is 374 g/mol. The predicted octanol–water partition coefficient (Wildman–Crippen LogP) is 3.08. The van der Waals surface area contributed by atoms with Crippen LogP contribution in [-0.2, 0) is 21.4 Å². The van der Waals surface area contributed by atoms with E-state index in [0.717, 1.165) is 16.7 Å². The highest BCUT2D eigenvalue weighted by atomic mass is 16.2. The van der Waals surface area contributed by atoms with Gasteiger partial charge in [-0.3, -0.25) is 9.59 Å². The van der Waals surface area contributed by atoms with Gasteiger partial charge in [-0.05, 0) is 35.7 Å². The topological polar surface area (TPSA) is 96.0 Å². The smallest absolute Gasteiger partial charge is 0.240 e. The van der Waals surface area contributed by atoms with Crippen LogP contribution in [-0.4, -0.2) is 17.9 Å². The first-order valence-electron chi connectivity index (χ1n) is 9.65. The van der Waals surface area contributed by atoms with E-state index in [1.165, 1.54) is 0 Å². The minimum absolute atomic E-state index is 0.205. The highest BCUT2D eigenvalue weighted by Crippen LogP contribution is 2.32. The lowest BCUT2D eigenvalue weighted by atomic mass is 9.75. The fourth-order valence-electron chi connectivity index (χ4n) is 3.50. The zero-order chi connectivity index (χ0) is 21.6. The van der Waals surface area contributed by atoms with Crippen LogP contribution in [0.25, 0.3) is 0 Å². The van der Waals surface area contributed by atoms with Crippen molar-refractivity contribution in [1.82, 2.24) is 5.32 Å². The van der Waals surface area contributed by atoms with Crippen molar-refractivity contribution in [3.8, 4) is 6.07 Å². The number of rotatable bonds is 7. The molecule has 0 aliphatic rings. The third-order valence-corrected chi connectivity index (χ3v) is 5.30. The van der Waals surface area contributed by atoms with Crippen LogP contribution in [0, 0.1) is 11.3 Å². The average molecular weight is 397 g/mol. The Morgan fingerprint density at radius 2 is 1.53 bits per heavy atom. The molecule has 3 rings (SSSR count). The van der Waals surface area contributed by atoms with E-state index in [1.807, 2.05) is 67.6 Å². The maximum Gasteiger partial charge on any atom is 0.240 e. The molecule has 0 aliphatic carbocycles. The summed E-state index contributed by atoms with van der Waals surface area (Å²) in [6.45, 7) is 1.83. The molecule has 0 heterocycles. The van der Waals surface area contributed by atoms with Gasteiger partial charge in [-0.25, -0.2) is 0 Å². The highest BCUT2D eigenvalue weighted by Gasteiger charge is 2.38. The molecule has 5 nitrogen and oxygen atoms in total. The van der Waals surface area contributed by atoms with Crippen molar-refractivity contribution in [2.45, 2.75) is 24.8 Å². The second kappa shape index (κ2) is 9.06. The number of carbonyl (C=O) groups is 2. The number of carbonyl (C=O) groups excluding carboxylic acids is 2. The summed E-state index contributed by atoms with van der Waals surface area (Å²) in [7, 11) is 0. The summed E-state index contributed by atoms with van der Waals surface area (Å²) in [6, 6.07) is 26.9. The van der Waals surface area contributed by atoms with Crippen LogP contribution in [0.5, 0.6) is 0 Å². The molecule has 5 heteroatoms. The number of nitrogens with one attached hydrogen (secondary N) is 1. The number of nitrogens with two attached hydrogens (primary N) is 1. The number of nitrogens with zero attached hydrogens (tertiary/aromatic N) is 1. The Hall–Kier alpha value is -3.91. The number of benzene rings is 3. The normalized spacial score (nSPS) is 11.9. The first kappa shape index (κ1) is 20.8. The highest BCUT2D eigenvalue weighted by molar-refractivity contribution is 5.95. The lowest BCUT2D eigenvalue weighted by Gasteiger charge is -2.31. The number of nitriles is 1. The van der Waals surface area contributed by atoms with Gasteiger partial charge in [-0.1, -0.05) is 72.8 Å². The molecule has 3 N–H and O–H groups in total. The monoisotopic (exact) mass is 397 g/mol. The predicted molar refractivity (Wildman–Crippen MR) is 115 cm³/mol. The van der Waals surface area contributed by atoms with E-state index in [9.17, 15) is 9.59 Å². The number of hydrogen-bond acceptors (Lipinski definition) is 3. The van der Waals surface area contributed by atoms with E-state index in [-0.39, 0.29) is 12.3 Å². The summed E-state index contributed by atoms with van der Waals surface area (Å²) in [5.74, 6) is -0.950. The van der Waals surface area contributed by atoms with Crippen molar-refractivity contribution in [1.29, 1.82) is 5.26 Å². The van der Waals surface area contributed by atoms with E-state index in [2.05, 4.69) is 11.4 Å². The van der Waals surface area contributed by atoms with Crippen LogP contribution in [0.15, 0.2) is 84.9 Å². The van der Waals surface area contributed by atoms with Crippen LogP contribution >= 0.6 is 0 Å². The maximum absolute atomic E-state index is 13.5. The summed E-state index contributed by atoms with van der Waals surface area (Å²) >= 11 is 0. The summed E-state index contributed by atoms with van der Waals surface area (Å²) in [5, 5.41) is 11.9. The van der Waals surface area contributed by atoms with Gasteiger partial charge < -0.3 is 11.1 Å². The quantitative estimate of drug-likeness (QED) is 0.641. The molecule has 3 aromatic carbocycles. The molecule has 2 amide bonds. The molecule has 0 aromatic heterocycles. The molecule has 0 aliphatic heterocycles. The molecule has 1 atom stereocenters. The first-order chi connectivity index (χ1) is 14.4. The third kappa shape index (κ3) is 4.39. The molecule has 3 aromatic rings. The van der Waals surface area contributed by atoms with E-state index in [0.29, 0.717) is 5.56 Å². The van der Waals surface area contributed by atoms with Gasteiger partial charge >= 0.3 is 0 Å². The van der Waals surface area contributed by atoms with Crippen molar-refractivity contribution in [2.75, 3.05) is 0 Å². The van der Waals surface area contributed by atoms with Crippen molar-refractivity contribution in [2.24, 2.45) is 5.73 Å². The average Bonchev–Trinajstić information content (AvgIpc) is 2.79. The van der Waals surface area contributed by atoms with Gasteiger partial charge in [-0.15, -0.1) is 0 Å². The van der Waals surface area contributed by atoms with Crippen LogP contribution in [0.4, 0.5) is 0 Å². The van der Waals surface area contributed by atoms with Gasteiger partial charge in [0.1, 0.15) is 6.04 Å². The van der Waals surface area contributed by atoms with Crippen molar-refractivity contribution < 1.29 is 9.59 Å². The van der Waals surface area contributed by atoms with Crippen molar-refractivity contribution in [3.05, 3.63) is 107 Å². The fourth-order valence-corrected chi connectivity index (χ4v) is 3.50. The minimum Gasteiger partial charge on any atom is -0.368 e.